The number of para-hydroxylation sites is 2. The van der Waals surface area contributed by atoms with Crippen molar-refractivity contribution in [1.29, 1.82) is 0 Å². The molecule has 0 spiro atoms. The van der Waals surface area contributed by atoms with E-state index in [4.69, 9.17) is 8.83 Å². The number of hydrogen-bond donors (Lipinski definition) is 0. The van der Waals surface area contributed by atoms with Gasteiger partial charge in [0.15, 0.2) is 0 Å². The Hall–Kier alpha value is -6.12. The first-order valence-electron chi connectivity index (χ1n) is 15.7. The molecule has 0 saturated carbocycles. The largest absolute Gasteiger partial charge is 0.456 e. The Kier molecular flexibility index (Phi) is 5.31. The lowest BCUT2D eigenvalue weighted by Gasteiger charge is -2.17. The van der Waals surface area contributed by atoms with Crippen LogP contribution in [-0.4, -0.2) is 0 Å². The van der Waals surface area contributed by atoms with Gasteiger partial charge in [-0.2, -0.15) is 0 Å². The molecule has 0 atom stereocenters. The third kappa shape index (κ3) is 3.71. The van der Waals surface area contributed by atoms with E-state index >= 15 is 0 Å². The highest BCUT2D eigenvalue weighted by Crippen LogP contribution is 2.44. The Bertz CT molecular complexity index is 2630. The molecule has 2 aromatic heterocycles. The molecular formula is C44H26O2. The van der Waals surface area contributed by atoms with Gasteiger partial charge in [0.2, 0.25) is 0 Å². The third-order valence-corrected chi connectivity index (χ3v) is 9.48. The summed E-state index contributed by atoms with van der Waals surface area (Å²) in [4.78, 5) is 0. The van der Waals surface area contributed by atoms with Crippen molar-refractivity contribution < 1.29 is 8.83 Å². The van der Waals surface area contributed by atoms with Crippen molar-refractivity contribution in [2.45, 2.75) is 0 Å². The molecular weight excluding hydrogens is 560 g/mol. The first-order valence-corrected chi connectivity index (χ1v) is 15.7. The SMILES string of the molecule is c1ccc(-c2c3cccc(-c4ccc5oc6ccccc6c5c4)c3cc3c(-c4ccc5oc6ccccc6c5c4)cccc23)cc1. The molecule has 46 heavy (non-hydrogen) atoms. The zero-order valence-corrected chi connectivity index (χ0v) is 24.8. The number of rotatable bonds is 3. The van der Waals surface area contributed by atoms with E-state index in [-0.39, 0.29) is 0 Å². The number of furan rings is 2. The molecule has 10 aromatic rings. The lowest BCUT2D eigenvalue weighted by atomic mass is 9.86. The van der Waals surface area contributed by atoms with E-state index in [0.29, 0.717) is 0 Å². The molecule has 0 saturated heterocycles. The molecule has 0 amide bonds. The van der Waals surface area contributed by atoms with E-state index in [1.807, 2.05) is 24.3 Å². The predicted molar refractivity (Wildman–Crippen MR) is 192 cm³/mol. The van der Waals surface area contributed by atoms with Crippen LogP contribution in [0.5, 0.6) is 0 Å². The molecule has 0 bridgehead atoms. The highest BCUT2D eigenvalue weighted by atomic mass is 16.3. The van der Waals surface area contributed by atoms with Crippen LogP contribution in [0.15, 0.2) is 167 Å². The van der Waals surface area contributed by atoms with E-state index in [0.717, 1.165) is 43.9 Å². The fraction of sp³-hybridized carbons (Fsp3) is 0. The number of fused-ring (bicyclic) bond motifs is 8. The third-order valence-electron chi connectivity index (χ3n) is 9.48. The summed E-state index contributed by atoms with van der Waals surface area (Å²) in [6.45, 7) is 0. The van der Waals surface area contributed by atoms with Crippen LogP contribution in [-0.2, 0) is 0 Å². The molecule has 2 heterocycles. The molecule has 10 rings (SSSR count). The Morgan fingerprint density at radius 2 is 0.717 bits per heavy atom. The molecule has 8 aromatic carbocycles. The summed E-state index contributed by atoms with van der Waals surface area (Å²) in [7, 11) is 0. The first kappa shape index (κ1) is 25.2. The van der Waals surface area contributed by atoms with Gasteiger partial charge in [0.25, 0.3) is 0 Å². The van der Waals surface area contributed by atoms with Crippen molar-refractivity contribution in [3.63, 3.8) is 0 Å². The van der Waals surface area contributed by atoms with Gasteiger partial charge in [-0.05, 0) is 97.4 Å². The summed E-state index contributed by atoms with van der Waals surface area (Å²) >= 11 is 0. The van der Waals surface area contributed by atoms with Gasteiger partial charge in [-0.25, -0.2) is 0 Å². The van der Waals surface area contributed by atoms with Gasteiger partial charge in [0.05, 0.1) is 0 Å². The number of hydrogen-bond acceptors (Lipinski definition) is 2. The Labute approximate surface area is 264 Å². The lowest BCUT2D eigenvalue weighted by molar-refractivity contribution is 0.668. The van der Waals surface area contributed by atoms with Crippen molar-refractivity contribution >= 4 is 65.4 Å². The van der Waals surface area contributed by atoms with E-state index in [1.54, 1.807) is 0 Å². The molecule has 0 unspecified atom stereocenters. The molecule has 0 aliphatic carbocycles. The van der Waals surface area contributed by atoms with Crippen LogP contribution in [0.3, 0.4) is 0 Å². The highest BCUT2D eigenvalue weighted by molar-refractivity contribution is 6.20. The van der Waals surface area contributed by atoms with Gasteiger partial charge in [-0.15, -0.1) is 0 Å². The zero-order valence-electron chi connectivity index (χ0n) is 24.8. The minimum absolute atomic E-state index is 0.907. The molecule has 0 N–H and O–H groups in total. The van der Waals surface area contributed by atoms with Crippen LogP contribution >= 0.6 is 0 Å². The normalized spacial score (nSPS) is 11.9. The van der Waals surface area contributed by atoms with Crippen molar-refractivity contribution in [3.05, 3.63) is 158 Å². The van der Waals surface area contributed by atoms with Crippen molar-refractivity contribution in [3.8, 4) is 33.4 Å². The van der Waals surface area contributed by atoms with E-state index in [9.17, 15) is 0 Å². The van der Waals surface area contributed by atoms with Crippen molar-refractivity contribution in [2.24, 2.45) is 0 Å². The van der Waals surface area contributed by atoms with Crippen molar-refractivity contribution in [1.82, 2.24) is 0 Å². The topological polar surface area (TPSA) is 26.3 Å². The van der Waals surface area contributed by atoms with Gasteiger partial charge in [-0.3, -0.25) is 0 Å². The van der Waals surface area contributed by atoms with Crippen LogP contribution in [0.25, 0.3) is 98.8 Å². The molecule has 0 aliphatic heterocycles. The van der Waals surface area contributed by atoms with Gasteiger partial charge in [0.1, 0.15) is 22.3 Å². The van der Waals surface area contributed by atoms with Gasteiger partial charge < -0.3 is 8.83 Å². The Balaban J connectivity index is 1.29. The molecule has 0 radical (unpaired) electrons. The van der Waals surface area contributed by atoms with Gasteiger partial charge >= 0.3 is 0 Å². The van der Waals surface area contributed by atoms with E-state index in [1.165, 1.54) is 54.9 Å². The predicted octanol–water partition coefficient (Wildman–Crippen LogP) is 12.8. The standard InChI is InChI=1S/C44H26O2/c1-2-10-27(11-3-1)44-34-16-8-14-30(28-20-22-42-38(24-28)32-12-4-6-18-40(32)45-42)36(34)26-37-31(15-9-17-35(37)44)29-21-23-43-39(25-29)33-13-5-7-19-41(33)46-43/h1-26H. The minimum Gasteiger partial charge on any atom is -0.456 e. The summed E-state index contributed by atoms with van der Waals surface area (Å²) in [5.41, 5.74) is 10.9. The summed E-state index contributed by atoms with van der Waals surface area (Å²) in [6, 6.07) is 56.3. The van der Waals surface area contributed by atoms with Crippen LogP contribution in [0.4, 0.5) is 0 Å². The van der Waals surface area contributed by atoms with Crippen LogP contribution in [0.1, 0.15) is 0 Å². The Morgan fingerprint density at radius 3 is 1.26 bits per heavy atom. The van der Waals surface area contributed by atoms with Crippen molar-refractivity contribution in [2.75, 3.05) is 0 Å². The molecule has 0 aliphatic rings. The summed E-state index contributed by atoms with van der Waals surface area (Å²) in [6.07, 6.45) is 0. The monoisotopic (exact) mass is 586 g/mol. The molecule has 214 valence electrons. The molecule has 2 nitrogen and oxygen atoms in total. The average Bonchev–Trinajstić information content (AvgIpc) is 3.68. The van der Waals surface area contributed by atoms with Gasteiger partial charge in [-0.1, -0.05) is 115 Å². The van der Waals surface area contributed by atoms with Crippen LogP contribution in [0, 0.1) is 0 Å². The first-order chi connectivity index (χ1) is 22.8. The van der Waals surface area contributed by atoms with Crippen LogP contribution in [0.2, 0.25) is 0 Å². The summed E-state index contributed by atoms with van der Waals surface area (Å²) in [5, 5.41) is 9.47. The minimum atomic E-state index is 0.907. The quantitative estimate of drug-likeness (QED) is 0.193. The molecule has 2 heteroatoms. The summed E-state index contributed by atoms with van der Waals surface area (Å²) in [5.74, 6) is 0. The highest BCUT2D eigenvalue weighted by Gasteiger charge is 2.17. The fourth-order valence-corrected chi connectivity index (χ4v) is 7.37. The fourth-order valence-electron chi connectivity index (χ4n) is 7.37. The summed E-state index contributed by atoms with van der Waals surface area (Å²) < 4.78 is 12.3. The smallest absolute Gasteiger partial charge is 0.135 e. The second kappa shape index (κ2) is 9.69. The Morgan fingerprint density at radius 1 is 0.261 bits per heavy atom. The maximum Gasteiger partial charge on any atom is 0.135 e. The van der Waals surface area contributed by atoms with Gasteiger partial charge in [0, 0.05) is 21.5 Å². The second-order valence-corrected chi connectivity index (χ2v) is 12.0. The van der Waals surface area contributed by atoms with Crippen LogP contribution < -0.4 is 0 Å². The lowest BCUT2D eigenvalue weighted by Crippen LogP contribution is -1.90. The van der Waals surface area contributed by atoms with E-state index in [2.05, 4.69) is 133 Å². The second-order valence-electron chi connectivity index (χ2n) is 12.0. The molecule has 0 fully saturated rings. The number of benzene rings is 8. The van der Waals surface area contributed by atoms with E-state index < -0.39 is 0 Å². The maximum atomic E-state index is 6.17. The zero-order chi connectivity index (χ0) is 30.2. The average molecular weight is 587 g/mol. The maximum absolute atomic E-state index is 6.17.